The van der Waals surface area contributed by atoms with Crippen LogP contribution in [0.2, 0.25) is 0 Å². The molecule has 2 aliphatic rings. The molecule has 0 aliphatic carbocycles. The molecule has 3 atom stereocenters. The number of hydrogen-bond donors (Lipinski definition) is 2. The lowest BCUT2D eigenvalue weighted by atomic mass is 9.84. The molecule has 0 spiro atoms. The molecule has 3 aromatic rings. The number of piperidine rings is 1. The Labute approximate surface area is 281 Å². The predicted octanol–water partition coefficient (Wildman–Crippen LogP) is 5.41. The van der Waals surface area contributed by atoms with Gasteiger partial charge in [0.2, 0.25) is 5.91 Å². The van der Waals surface area contributed by atoms with Gasteiger partial charge in [-0.3, -0.25) is 9.35 Å². The number of likely N-dealkylation sites (tertiary alicyclic amines) is 1. The summed E-state index contributed by atoms with van der Waals surface area (Å²) in [5.41, 5.74) is 7.14. The first kappa shape index (κ1) is 36.8. The van der Waals surface area contributed by atoms with Crippen LogP contribution in [0.15, 0.2) is 51.9 Å². The summed E-state index contributed by atoms with van der Waals surface area (Å²) < 4.78 is 55.6. The fourth-order valence-corrected chi connectivity index (χ4v) is 6.36. The van der Waals surface area contributed by atoms with E-state index in [4.69, 9.17) is 19.5 Å². The van der Waals surface area contributed by atoms with Crippen LogP contribution in [0.3, 0.4) is 0 Å². The Morgan fingerprint density at radius 1 is 1.15 bits per heavy atom. The van der Waals surface area contributed by atoms with E-state index in [1.807, 2.05) is 20.8 Å². The molecule has 1 amide bonds. The van der Waals surface area contributed by atoms with E-state index in [2.05, 4.69) is 28.0 Å². The summed E-state index contributed by atoms with van der Waals surface area (Å²) in [7, 11) is -4.02. The van der Waals surface area contributed by atoms with Crippen molar-refractivity contribution in [3.05, 3.63) is 65.2 Å². The van der Waals surface area contributed by atoms with Gasteiger partial charge in [-0.25, -0.2) is 4.39 Å². The lowest BCUT2D eigenvalue weighted by Gasteiger charge is -2.33. The van der Waals surface area contributed by atoms with Crippen LogP contribution in [0.4, 0.5) is 10.4 Å². The van der Waals surface area contributed by atoms with Crippen LogP contribution in [0.1, 0.15) is 81.8 Å². The van der Waals surface area contributed by atoms with Crippen molar-refractivity contribution in [3.63, 3.8) is 0 Å². The molecule has 260 valence electrons. The molecule has 14 heteroatoms. The van der Waals surface area contributed by atoms with E-state index in [0.717, 1.165) is 50.2 Å². The minimum Gasteiger partial charge on any atom is -0.493 e. The second-order valence-corrected chi connectivity index (χ2v) is 14.2. The standard InChI is InChI=1S/C27H37FN6O3.C7H8O3S/c1-17(2)25-31-27(37-32-25)33-12-8-19(9-13-33)18(3)10-14-36-21-6-7-22(23(28)15-21)24(30)26(35)34-11-4-5-20(34)16-29;1-6-2-4-7(5-3-6)11(8,9)10/h6-7,15,17-20,24H,4-5,8-14,30H2,1-3H3;2-5H,1H3,(H,8,9,10). The third-order valence-electron chi connectivity index (χ3n) is 8.98. The first-order chi connectivity index (χ1) is 22.8. The summed E-state index contributed by atoms with van der Waals surface area (Å²) in [4.78, 5) is 20.8. The number of rotatable bonds is 10. The van der Waals surface area contributed by atoms with Gasteiger partial charge in [-0.2, -0.15) is 18.7 Å². The van der Waals surface area contributed by atoms with E-state index in [1.165, 1.54) is 29.2 Å². The van der Waals surface area contributed by atoms with E-state index >= 15 is 0 Å². The summed E-state index contributed by atoms with van der Waals surface area (Å²) in [6.45, 7) is 10.9. The van der Waals surface area contributed by atoms with Gasteiger partial charge < -0.3 is 24.8 Å². The minimum atomic E-state index is -4.02. The van der Waals surface area contributed by atoms with E-state index in [9.17, 15) is 22.9 Å². The zero-order valence-electron chi connectivity index (χ0n) is 27.9. The van der Waals surface area contributed by atoms with Crippen molar-refractivity contribution in [1.82, 2.24) is 15.0 Å². The van der Waals surface area contributed by atoms with Gasteiger partial charge in [-0.15, -0.1) is 0 Å². The predicted molar refractivity (Wildman–Crippen MR) is 177 cm³/mol. The molecule has 0 radical (unpaired) electrons. The van der Waals surface area contributed by atoms with Crippen LogP contribution in [0.25, 0.3) is 0 Å². The van der Waals surface area contributed by atoms with Crippen LogP contribution >= 0.6 is 0 Å². The van der Waals surface area contributed by atoms with Crippen molar-refractivity contribution < 1.29 is 31.4 Å². The maximum absolute atomic E-state index is 14.8. The third kappa shape index (κ3) is 9.52. The molecule has 0 saturated carbocycles. The van der Waals surface area contributed by atoms with Crippen molar-refractivity contribution in [2.45, 2.75) is 82.7 Å². The Kier molecular flexibility index (Phi) is 12.5. The average molecular weight is 685 g/mol. The summed E-state index contributed by atoms with van der Waals surface area (Å²) >= 11 is 0. The number of halogens is 1. The molecule has 2 aromatic carbocycles. The molecule has 12 nitrogen and oxygen atoms in total. The first-order valence-electron chi connectivity index (χ1n) is 16.3. The van der Waals surface area contributed by atoms with Crippen LogP contribution < -0.4 is 15.4 Å². The molecule has 5 rings (SSSR count). The Morgan fingerprint density at radius 2 is 1.83 bits per heavy atom. The average Bonchev–Trinajstić information content (AvgIpc) is 3.75. The number of nitriles is 1. The van der Waals surface area contributed by atoms with Crippen molar-refractivity contribution in [2.24, 2.45) is 17.6 Å². The van der Waals surface area contributed by atoms with Crippen molar-refractivity contribution in [2.75, 3.05) is 31.1 Å². The van der Waals surface area contributed by atoms with Gasteiger partial charge in [0.15, 0.2) is 5.82 Å². The van der Waals surface area contributed by atoms with E-state index in [-0.39, 0.29) is 16.4 Å². The first-order valence-corrected chi connectivity index (χ1v) is 17.7. The quantitative estimate of drug-likeness (QED) is 0.261. The Morgan fingerprint density at radius 3 is 2.42 bits per heavy atom. The molecule has 48 heavy (non-hydrogen) atoms. The molecular weight excluding hydrogens is 639 g/mol. The Bertz CT molecular complexity index is 1670. The van der Waals surface area contributed by atoms with E-state index in [1.54, 1.807) is 18.2 Å². The van der Waals surface area contributed by atoms with E-state index in [0.29, 0.717) is 43.2 Å². The summed E-state index contributed by atoms with van der Waals surface area (Å²) in [6, 6.07) is 11.5. The number of hydrogen-bond acceptors (Lipinski definition) is 10. The summed E-state index contributed by atoms with van der Waals surface area (Å²) in [5.74, 6) is 1.42. The topological polar surface area (TPSA) is 176 Å². The number of carbonyl (C=O) groups excluding carboxylic acids is 1. The van der Waals surface area contributed by atoms with Gasteiger partial charge in [0.1, 0.15) is 23.7 Å². The van der Waals surface area contributed by atoms with Gasteiger partial charge in [-0.05, 0) is 69.1 Å². The fraction of sp³-hybridized carbons (Fsp3) is 0.529. The van der Waals surface area contributed by atoms with Crippen molar-refractivity contribution in [1.29, 1.82) is 5.26 Å². The molecular formula is C34H45FN6O6S. The summed E-state index contributed by atoms with van der Waals surface area (Å²) in [6.07, 6.45) is 4.31. The van der Waals surface area contributed by atoms with E-state index < -0.39 is 33.9 Å². The number of nitrogens with zero attached hydrogens (tertiary/aromatic N) is 5. The van der Waals surface area contributed by atoms with Crippen molar-refractivity contribution >= 4 is 22.0 Å². The van der Waals surface area contributed by atoms with Crippen LogP contribution in [-0.4, -0.2) is 66.2 Å². The van der Waals surface area contributed by atoms with Gasteiger partial charge in [0.05, 0.1) is 17.6 Å². The normalized spacial score (nSPS) is 18.2. The highest BCUT2D eigenvalue weighted by Gasteiger charge is 2.33. The molecule has 3 heterocycles. The monoisotopic (exact) mass is 684 g/mol. The molecule has 0 bridgehead atoms. The maximum atomic E-state index is 14.8. The molecule has 3 N–H and O–H groups in total. The molecule has 2 aliphatic heterocycles. The van der Waals surface area contributed by atoms with Crippen LogP contribution in [0, 0.1) is 35.9 Å². The molecule has 2 saturated heterocycles. The van der Waals surface area contributed by atoms with Gasteiger partial charge in [0.25, 0.3) is 10.1 Å². The molecule has 2 fully saturated rings. The molecule has 3 unspecified atom stereocenters. The number of aryl methyl sites for hydroxylation is 1. The highest BCUT2D eigenvalue weighted by Crippen LogP contribution is 2.30. The van der Waals surface area contributed by atoms with Crippen molar-refractivity contribution in [3.8, 4) is 11.8 Å². The second kappa shape index (κ2) is 16.4. The zero-order chi connectivity index (χ0) is 35.0. The minimum absolute atomic E-state index is 0.0666. The molecule has 1 aromatic heterocycles. The van der Waals surface area contributed by atoms with Crippen LogP contribution in [-0.2, 0) is 14.9 Å². The Balaban J connectivity index is 0.000000401. The SMILES string of the molecule is CC(C)c1noc(N2CCC(C(C)CCOc3ccc(C(N)C(=O)N4CCCC4C#N)c(F)c3)CC2)n1.Cc1ccc(S(=O)(=O)O)cc1. The van der Waals surface area contributed by atoms with Crippen LogP contribution in [0.5, 0.6) is 5.75 Å². The summed E-state index contributed by atoms with van der Waals surface area (Å²) in [5, 5.41) is 13.3. The Hall–Kier alpha value is -4.06. The van der Waals surface area contributed by atoms with Gasteiger partial charge >= 0.3 is 6.01 Å². The number of nitrogens with two attached hydrogens (primary N) is 1. The second-order valence-electron chi connectivity index (χ2n) is 12.8. The number of anilines is 1. The lowest BCUT2D eigenvalue weighted by Crippen LogP contribution is -2.41. The largest absolute Gasteiger partial charge is 0.493 e. The maximum Gasteiger partial charge on any atom is 0.324 e. The zero-order valence-corrected chi connectivity index (χ0v) is 28.7. The number of carbonyl (C=O) groups is 1. The highest BCUT2D eigenvalue weighted by molar-refractivity contribution is 7.85. The van der Waals surface area contributed by atoms with Gasteiger partial charge in [0, 0.05) is 37.2 Å². The van der Waals surface area contributed by atoms with Gasteiger partial charge in [-0.1, -0.05) is 49.7 Å². The lowest BCUT2D eigenvalue weighted by molar-refractivity contribution is -0.132. The highest BCUT2D eigenvalue weighted by atomic mass is 32.2. The smallest absolute Gasteiger partial charge is 0.324 e. The number of aromatic nitrogens is 2. The fourth-order valence-electron chi connectivity index (χ4n) is 5.88. The third-order valence-corrected chi connectivity index (χ3v) is 9.85. The number of ether oxygens (including phenoxy) is 1. The number of amides is 1. The number of benzene rings is 2.